The van der Waals surface area contributed by atoms with Gasteiger partial charge in [0.15, 0.2) is 0 Å². The average Bonchev–Trinajstić information content (AvgIpc) is 2.53. The summed E-state index contributed by atoms with van der Waals surface area (Å²) in [6.07, 6.45) is 1.80. The molecule has 1 fully saturated rings. The highest BCUT2D eigenvalue weighted by Crippen LogP contribution is 2.27. The normalized spacial score (nSPS) is 19.8. The minimum Gasteiger partial charge on any atom is -0.488 e. The molecule has 134 valence electrons. The van der Waals surface area contributed by atoms with Crippen LogP contribution in [0.1, 0.15) is 40.0 Å². The van der Waals surface area contributed by atoms with E-state index in [2.05, 4.69) is 0 Å². The lowest BCUT2D eigenvalue weighted by Crippen LogP contribution is -2.51. The van der Waals surface area contributed by atoms with Gasteiger partial charge in [-0.05, 0) is 57.9 Å². The number of hydrogen-bond acceptors (Lipinski definition) is 5. The summed E-state index contributed by atoms with van der Waals surface area (Å²) in [4.78, 5) is 11.9. The number of carbonyl (C=O) groups is 1. The Hall–Kier alpha value is -1.64. The Morgan fingerprint density at radius 2 is 1.88 bits per heavy atom. The van der Waals surface area contributed by atoms with Gasteiger partial charge in [-0.3, -0.25) is 10.0 Å². The number of amides is 1. The molecule has 1 aliphatic heterocycles. The van der Waals surface area contributed by atoms with Gasteiger partial charge in [-0.15, -0.1) is 0 Å². The van der Waals surface area contributed by atoms with Gasteiger partial charge >= 0.3 is 0 Å². The molecule has 0 aliphatic carbocycles. The predicted molar refractivity (Wildman–Crippen MR) is 88.3 cm³/mol. The molecular formula is C16H24N2O5S. The summed E-state index contributed by atoms with van der Waals surface area (Å²) < 4.78 is 32.5. The molecule has 1 heterocycles. The molecule has 24 heavy (non-hydrogen) atoms. The Bertz CT molecular complexity index is 679. The Labute approximate surface area is 142 Å². The van der Waals surface area contributed by atoms with Crippen molar-refractivity contribution in [3.8, 4) is 5.75 Å². The quantitative estimate of drug-likeness (QED) is 0.635. The van der Waals surface area contributed by atoms with Crippen LogP contribution in [0.25, 0.3) is 0 Å². The van der Waals surface area contributed by atoms with Crippen molar-refractivity contribution in [2.24, 2.45) is 0 Å². The van der Waals surface area contributed by atoms with Crippen LogP contribution in [0.15, 0.2) is 29.2 Å². The second-order valence-electron chi connectivity index (χ2n) is 6.79. The van der Waals surface area contributed by atoms with Crippen molar-refractivity contribution in [3.05, 3.63) is 24.3 Å². The van der Waals surface area contributed by atoms with Crippen LogP contribution in [0.5, 0.6) is 5.75 Å². The Balaban J connectivity index is 2.26. The minimum atomic E-state index is -3.82. The van der Waals surface area contributed by atoms with Gasteiger partial charge in [-0.25, -0.2) is 13.9 Å². The maximum Gasteiger partial charge on any atom is 0.261 e. The van der Waals surface area contributed by atoms with Gasteiger partial charge < -0.3 is 4.74 Å². The van der Waals surface area contributed by atoms with Crippen molar-refractivity contribution in [2.45, 2.75) is 56.6 Å². The van der Waals surface area contributed by atoms with Gasteiger partial charge in [0.25, 0.3) is 5.91 Å². The number of hydrogen-bond donors (Lipinski definition) is 2. The molecule has 8 heteroatoms. The number of rotatable bonds is 4. The van der Waals surface area contributed by atoms with Gasteiger partial charge in [0.2, 0.25) is 10.0 Å². The Morgan fingerprint density at radius 1 is 1.25 bits per heavy atom. The zero-order valence-electron chi connectivity index (χ0n) is 14.2. The first-order valence-corrected chi connectivity index (χ1v) is 9.34. The van der Waals surface area contributed by atoms with Crippen LogP contribution in [0.2, 0.25) is 0 Å². The fourth-order valence-corrected chi connectivity index (χ4v) is 4.35. The molecule has 1 aromatic carbocycles. The third-order valence-electron chi connectivity index (χ3n) is 3.72. The number of ether oxygens (including phenoxy) is 1. The highest BCUT2D eigenvalue weighted by atomic mass is 32.2. The van der Waals surface area contributed by atoms with E-state index in [1.54, 1.807) is 17.6 Å². The van der Waals surface area contributed by atoms with E-state index in [0.717, 1.165) is 10.7 Å². The zero-order chi connectivity index (χ0) is 18.0. The summed E-state index contributed by atoms with van der Waals surface area (Å²) in [5.41, 5.74) is 1.18. The molecule has 0 radical (unpaired) electrons. The van der Waals surface area contributed by atoms with Gasteiger partial charge in [0.1, 0.15) is 17.4 Å². The van der Waals surface area contributed by atoms with E-state index in [4.69, 9.17) is 9.94 Å². The summed E-state index contributed by atoms with van der Waals surface area (Å²) in [6, 6.07) is 5.25. The molecule has 0 bridgehead atoms. The van der Waals surface area contributed by atoms with Crippen LogP contribution >= 0.6 is 0 Å². The van der Waals surface area contributed by atoms with Crippen molar-refractivity contribution in [1.29, 1.82) is 0 Å². The molecule has 1 aromatic rings. The standard InChI is InChI=1S/C16H24N2O5S/c1-16(2,3)23-12-7-9-13(10-8-12)24(21,22)18-11-5-4-6-14(18)15(19)17-20/h7-10,14,20H,4-6,11H2,1-3H3,(H,17,19). The number of carbonyl (C=O) groups excluding carboxylic acids is 1. The smallest absolute Gasteiger partial charge is 0.261 e. The fraction of sp³-hybridized carbons (Fsp3) is 0.562. The lowest BCUT2D eigenvalue weighted by Gasteiger charge is -2.33. The van der Waals surface area contributed by atoms with Crippen LogP contribution < -0.4 is 10.2 Å². The van der Waals surface area contributed by atoms with Crippen LogP contribution in [-0.4, -0.2) is 42.0 Å². The first-order chi connectivity index (χ1) is 11.1. The number of piperidine rings is 1. The maximum atomic E-state index is 12.8. The monoisotopic (exact) mass is 356 g/mol. The molecule has 1 saturated heterocycles. The highest BCUT2D eigenvalue weighted by Gasteiger charge is 2.37. The van der Waals surface area contributed by atoms with Crippen molar-refractivity contribution < 1.29 is 23.2 Å². The Kier molecular flexibility index (Phi) is 5.52. The number of nitrogens with one attached hydrogen (secondary N) is 1. The first-order valence-electron chi connectivity index (χ1n) is 7.90. The number of nitrogens with zero attached hydrogens (tertiary/aromatic N) is 1. The van der Waals surface area contributed by atoms with E-state index in [1.807, 2.05) is 20.8 Å². The molecule has 1 amide bonds. The fourth-order valence-electron chi connectivity index (χ4n) is 2.70. The summed E-state index contributed by atoms with van der Waals surface area (Å²) in [5, 5.41) is 8.85. The topological polar surface area (TPSA) is 95.9 Å². The molecular weight excluding hydrogens is 332 g/mol. The molecule has 2 N–H and O–H groups in total. The largest absolute Gasteiger partial charge is 0.488 e. The van der Waals surface area contributed by atoms with Gasteiger partial charge in [0, 0.05) is 6.54 Å². The van der Waals surface area contributed by atoms with E-state index < -0.39 is 22.0 Å². The lowest BCUT2D eigenvalue weighted by atomic mass is 10.0. The first kappa shape index (κ1) is 18.7. The molecule has 2 rings (SSSR count). The third kappa shape index (κ3) is 4.25. The van der Waals surface area contributed by atoms with Crippen molar-refractivity contribution in [2.75, 3.05) is 6.54 Å². The molecule has 0 saturated carbocycles. The zero-order valence-corrected chi connectivity index (χ0v) is 15.0. The van der Waals surface area contributed by atoms with Crippen LogP contribution in [0, 0.1) is 0 Å². The summed E-state index contributed by atoms with van der Waals surface area (Å²) in [7, 11) is -3.82. The van der Waals surface area contributed by atoms with E-state index >= 15 is 0 Å². The van der Waals surface area contributed by atoms with Crippen molar-refractivity contribution in [1.82, 2.24) is 9.79 Å². The number of benzene rings is 1. The SMILES string of the molecule is CC(C)(C)Oc1ccc(S(=O)(=O)N2CCCCC2C(=O)NO)cc1. The third-order valence-corrected chi connectivity index (χ3v) is 5.64. The van der Waals surface area contributed by atoms with E-state index in [0.29, 0.717) is 18.6 Å². The Morgan fingerprint density at radius 3 is 2.42 bits per heavy atom. The van der Waals surface area contributed by atoms with Crippen molar-refractivity contribution in [3.63, 3.8) is 0 Å². The molecule has 1 aliphatic rings. The van der Waals surface area contributed by atoms with Crippen LogP contribution in [0.3, 0.4) is 0 Å². The van der Waals surface area contributed by atoms with Gasteiger partial charge in [0.05, 0.1) is 4.90 Å². The summed E-state index contributed by atoms with van der Waals surface area (Å²) in [5.74, 6) is -0.129. The molecule has 7 nitrogen and oxygen atoms in total. The second kappa shape index (κ2) is 7.08. The number of sulfonamides is 1. The lowest BCUT2D eigenvalue weighted by molar-refractivity contribution is -0.134. The van der Waals surface area contributed by atoms with Crippen LogP contribution in [-0.2, 0) is 14.8 Å². The number of hydroxylamine groups is 1. The van der Waals surface area contributed by atoms with E-state index in [1.165, 1.54) is 12.1 Å². The van der Waals surface area contributed by atoms with Gasteiger partial charge in [-0.1, -0.05) is 6.42 Å². The minimum absolute atomic E-state index is 0.0985. The van der Waals surface area contributed by atoms with Crippen molar-refractivity contribution >= 4 is 15.9 Å². The maximum absolute atomic E-state index is 12.8. The van der Waals surface area contributed by atoms with Gasteiger partial charge in [-0.2, -0.15) is 4.31 Å². The highest BCUT2D eigenvalue weighted by molar-refractivity contribution is 7.89. The predicted octanol–water partition coefficient (Wildman–Crippen LogP) is 1.91. The van der Waals surface area contributed by atoms with E-state index in [9.17, 15) is 13.2 Å². The molecule has 0 spiro atoms. The summed E-state index contributed by atoms with van der Waals surface area (Å²) in [6.45, 7) is 5.97. The molecule has 1 unspecified atom stereocenters. The second-order valence-corrected chi connectivity index (χ2v) is 8.68. The average molecular weight is 356 g/mol. The summed E-state index contributed by atoms with van der Waals surface area (Å²) >= 11 is 0. The molecule has 1 atom stereocenters. The van der Waals surface area contributed by atoms with E-state index in [-0.39, 0.29) is 17.0 Å². The van der Waals surface area contributed by atoms with Crippen LogP contribution in [0.4, 0.5) is 0 Å². The molecule has 0 aromatic heterocycles.